The first-order chi connectivity index (χ1) is 20.5. The minimum atomic E-state index is -0.364. The highest BCUT2D eigenvalue weighted by atomic mass is 16.6. The number of cyclic esters (lactones) is 2. The average molecular weight is 608 g/mol. The van der Waals surface area contributed by atoms with Gasteiger partial charge in [-0.2, -0.15) is 0 Å². The largest absolute Gasteiger partial charge is 0.462 e. The van der Waals surface area contributed by atoms with E-state index in [1.165, 1.54) is 0 Å². The summed E-state index contributed by atoms with van der Waals surface area (Å²) in [6, 6.07) is 0.509. The molecule has 4 aliphatic heterocycles. The number of fused-ring (bicyclic) bond motifs is 4. The molecule has 0 amide bonds. The summed E-state index contributed by atoms with van der Waals surface area (Å²) in [7, 11) is 4.32. The van der Waals surface area contributed by atoms with Crippen molar-refractivity contribution in [1.82, 2.24) is 4.90 Å². The maximum Gasteiger partial charge on any atom is 0.311 e. The van der Waals surface area contributed by atoms with Gasteiger partial charge in [0.25, 0.3) is 0 Å². The van der Waals surface area contributed by atoms with Crippen LogP contribution in [0.15, 0.2) is 0 Å². The van der Waals surface area contributed by atoms with Crippen LogP contribution in [0.1, 0.15) is 119 Å². The number of ether oxygens (including phenoxy) is 5. The Balaban J connectivity index is 1.51. The van der Waals surface area contributed by atoms with Crippen LogP contribution >= 0.6 is 0 Å². The molecule has 0 aliphatic carbocycles. The number of rotatable bonds is 9. The molecule has 13 atom stereocenters. The highest BCUT2D eigenvalue weighted by Gasteiger charge is 2.46. The van der Waals surface area contributed by atoms with Crippen molar-refractivity contribution in [3.8, 4) is 0 Å². The fraction of sp³-hybridized carbons (Fsp3) is 0.943. The van der Waals surface area contributed by atoms with Gasteiger partial charge in [-0.25, -0.2) is 0 Å². The van der Waals surface area contributed by atoms with Crippen molar-refractivity contribution in [2.24, 2.45) is 23.7 Å². The molecule has 0 aromatic rings. The Kier molecular flexibility index (Phi) is 12.8. The minimum absolute atomic E-state index is 0.0175. The fourth-order valence-electron chi connectivity index (χ4n) is 8.01. The fourth-order valence-corrected chi connectivity index (χ4v) is 8.01. The van der Waals surface area contributed by atoms with Crippen LogP contribution in [-0.2, 0) is 33.3 Å². The molecule has 4 saturated heterocycles. The molecule has 0 radical (unpaired) electrons. The van der Waals surface area contributed by atoms with Crippen LogP contribution in [0.3, 0.4) is 0 Å². The SMILES string of the molecule is CCC[C@H]1C[C@@H]2CC[C@H](O2)[C@H](C)C(=O)O[C@@H]([C@H](C)[C@H]2CC[C@@H](C[C@@H](CCC)N(C)C)O2)[C@H](C)[C@@H]2CC[C@@H](O2)[C@@H](C)C(=O)O1. The Bertz CT molecular complexity index is 897. The first-order valence-electron chi connectivity index (χ1n) is 17.6. The quantitative estimate of drug-likeness (QED) is 0.282. The van der Waals surface area contributed by atoms with E-state index in [-0.39, 0.29) is 84.4 Å². The van der Waals surface area contributed by atoms with Gasteiger partial charge in [0.15, 0.2) is 0 Å². The van der Waals surface area contributed by atoms with E-state index in [4.69, 9.17) is 23.7 Å². The van der Waals surface area contributed by atoms with Crippen LogP contribution in [0.5, 0.6) is 0 Å². The molecule has 0 N–H and O–H groups in total. The lowest BCUT2D eigenvalue weighted by atomic mass is 9.84. The van der Waals surface area contributed by atoms with Crippen molar-refractivity contribution in [2.75, 3.05) is 14.1 Å². The third kappa shape index (κ3) is 8.74. The predicted molar refractivity (Wildman–Crippen MR) is 167 cm³/mol. The average Bonchev–Trinajstić information content (AvgIpc) is 3.75. The molecule has 4 fully saturated rings. The normalized spacial score (nSPS) is 40.8. The Morgan fingerprint density at radius 1 is 0.767 bits per heavy atom. The summed E-state index contributed by atoms with van der Waals surface area (Å²) in [5.74, 6) is -1.08. The van der Waals surface area contributed by atoms with E-state index < -0.39 is 0 Å². The Morgan fingerprint density at radius 2 is 1.42 bits per heavy atom. The van der Waals surface area contributed by atoms with Gasteiger partial charge in [0.2, 0.25) is 0 Å². The van der Waals surface area contributed by atoms with Crippen LogP contribution in [0.25, 0.3) is 0 Å². The highest BCUT2D eigenvalue weighted by Crippen LogP contribution is 2.39. The molecule has 0 saturated carbocycles. The first-order valence-corrected chi connectivity index (χ1v) is 17.6. The number of carbonyl (C=O) groups is 2. The molecular formula is C35H61NO7. The lowest BCUT2D eigenvalue weighted by Crippen LogP contribution is -2.44. The summed E-state index contributed by atoms with van der Waals surface area (Å²) in [5.41, 5.74) is 0. The summed E-state index contributed by atoms with van der Waals surface area (Å²) >= 11 is 0. The van der Waals surface area contributed by atoms with Crippen molar-refractivity contribution >= 4 is 11.9 Å². The maximum absolute atomic E-state index is 13.7. The predicted octanol–water partition coefficient (Wildman–Crippen LogP) is 6.32. The number of esters is 2. The van der Waals surface area contributed by atoms with E-state index in [2.05, 4.69) is 46.7 Å². The monoisotopic (exact) mass is 607 g/mol. The van der Waals surface area contributed by atoms with E-state index in [9.17, 15) is 9.59 Å². The summed E-state index contributed by atoms with van der Waals surface area (Å²) in [6.45, 7) is 12.6. The molecule has 4 aliphatic rings. The third-order valence-corrected chi connectivity index (χ3v) is 11.0. The van der Waals surface area contributed by atoms with Crippen molar-refractivity contribution in [2.45, 2.75) is 173 Å². The molecule has 0 aromatic heterocycles. The number of carbonyl (C=O) groups excluding carboxylic acids is 2. The zero-order chi connectivity index (χ0) is 31.3. The second-order valence-corrected chi connectivity index (χ2v) is 14.5. The summed E-state index contributed by atoms with van der Waals surface area (Å²) in [5, 5.41) is 0. The molecule has 248 valence electrons. The summed E-state index contributed by atoms with van der Waals surface area (Å²) in [4.78, 5) is 29.3. The second kappa shape index (κ2) is 15.9. The Labute approximate surface area is 261 Å². The highest BCUT2D eigenvalue weighted by molar-refractivity contribution is 5.73. The zero-order valence-corrected chi connectivity index (χ0v) is 28.3. The molecule has 4 bridgehead atoms. The third-order valence-electron chi connectivity index (χ3n) is 11.0. The van der Waals surface area contributed by atoms with Gasteiger partial charge in [-0.3, -0.25) is 9.59 Å². The van der Waals surface area contributed by atoms with Crippen molar-refractivity contribution in [3.63, 3.8) is 0 Å². The van der Waals surface area contributed by atoms with Gasteiger partial charge in [-0.1, -0.05) is 40.5 Å². The number of hydrogen-bond donors (Lipinski definition) is 0. The Hall–Kier alpha value is -1.22. The van der Waals surface area contributed by atoms with Crippen molar-refractivity contribution < 1.29 is 33.3 Å². The van der Waals surface area contributed by atoms with Crippen LogP contribution < -0.4 is 0 Å². The van der Waals surface area contributed by atoms with E-state index in [0.29, 0.717) is 12.5 Å². The van der Waals surface area contributed by atoms with E-state index >= 15 is 0 Å². The van der Waals surface area contributed by atoms with Gasteiger partial charge in [-0.15, -0.1) is 0 Å². The zero-order valence-electron chi connectivity index (χ0n) is 28.3. The summed E-state index contributed by atoms with van der Waals surface area (Å²) < 4.78 is 32.2. The second-order valence-electron chi connectivity index (χ2n) is 14.5. The van der Waals surface area contributed by atoms with Crippen LogP contribution in [0.4, 0.5) is 0 Å². The number of hydrogen-bond acceptors (Lipinski definition) is 8. The van der Waals surface area contributed by atoms with E-state index in [1.54, 1.807) is 0 Å². The van der Waals surface area contributed by atoms with Crippen LogP contribution in [0.2, 0.25) is 0 Å². The van der Waals surface area contributed by atoms with Gasteiger partial charge in [0.1, 0.15) is 12.2 Å². The molecule has 0 aromatic carbocycles. The Morgan fingerprint density at radius 3 is 2.09 bits per heavy atom. The molecule has 8 nitrogen and oxygen atoms in total. The van der Waals surface area contributed by atoms with Crippen LogP contribution in [-0.4, -0.2) is 85.8 Å². The van der Waals surface area contributed by atoms with Gasteiger partial charge in [-0.05, 0) is 85.7 Å². The van der Waals surface area contributed by atoms with Crippen molar-refractivity contribution in [1.29, 1.82) is 0 Å². The molecule has 0 unspecified atom stereocenters. The standard InChI is InChI=1S/C35H61NO7/c1-9-11-25(36(7)8)19-27-13-15-29(39-27)21(3)33-22(4)30-17-18-32(42-30)24(6)34(37)41-26(12-10-2)20-28-14-16-31(40-28)23(5)35(38)43-33/h21-33H,9-20H2,1-8H3/t21-,22-,23+,24-,25-,26+,27+,28+,29-,30+,31+,32-,33+/m1/s1. The van der Waals surface area contributed by atoms with Gasteiger partial charge < -0.3 is 28.6 Å². The molecule has 0 spiro atoms. The summed E-state index contributed by atoms with van der Waals surface area (Å²) in [6.07, 6.45) is 10.3. The lowest BCUT2D eigenvalue weighted by Gasteiger charge is -2.36. The van der Waals surface area contributed by atoms with Crippen LogP contribution in [0, 0.1) is 23.7 Å². The van der Waals surface area contributed by atoms with Gasteiger partial charge >= 0.3 is 11.9 Å². The minimum Gasteiger partial charge on any atom is -0.462 e. The molecular weight excluding hydrogens is 546 g/mol. The first kappa shape index (κ1) is 34.6. The van der Waals surface area contributed by atoms with E-state index in [0.717, 1.165) is 70.6 Å². The van der Waals surface area contributed by atoms with Gasteiger partial charge in [0, 0.05) is 24.3 Å². The molecule has 8 heteroatoms. The maximum atomic E-state index is 13.7. The van der Waals surface area contributed by atoms with Gasteiger partial charge in [0.05, 0.1) is 48.5 Å². The molecule has 4 heterocycles. The smallest absolute Gasteiger partial charge is 0.311 e. The topological polar surface area (TPSA) is 83.5 Å². The molecule has 4 rings (SSSR count). The molecule has 43 heavy (non-hydrogen) atoms. The lowest BCUT2D eigenvalue weighted by molar-refractivity contribution is -0.175. The van der Waals surface area contributed by atoms with Crippen molar-refractivity contribution in [3.05, 3.63) is 0 Å². The number of nitrogens with zero attached hydrogens (tertiary/aromatic N) is 1. The van der Waals surface area contributed by atoms with E-state index in [1.807, 2.05) is 13.8 Å².